The molecule has 1 amide bonds. The van der Waals surface area contributed by atoms with E-state index in [4.69, 9.17) is 0 Å². The Balaban J connectivity index is 1.47. The molecule has 0 unspecified atom stereocenters. The molecule has 1 saturated heterocycles. The highest BCUT2D eigenvalue weighted by molar-refractivity contribution is 7.91. The Morgan fingerprint density at radius 3 is 2.64 bits per heavy atom. The lowest BCUT2D eigenvalue weighted by Crippen LogP contribution is -2.39. The van der Waals surface area contributed by atoms with E-state index < -0.39 is 9.84 Å². The summed E-state index contributed by atoms with van der Waals surface area (Å²) in [6, 6.07) is 10.3. The first-order chi connectivity index (χ1) is 11.9. The highest BCUT2D eigenvalue weighted by atomic mass is 32.2. The molecule has 0 N–H and O–H groups in total. The van der Waals surface area contributed by atoms with E-state index in [1.54, 1.807) is 0 Å². The van der Waals surface area contributed by atoms with Gasteiger partial charge in [0.15, 0.2) is 9.84 Å². The lowest BCUT2D eigenvalue weighted by molar-refractivity contribution is -0.131. The summed E-state index contributed by atoms with van der Waals surface area (Å²) < 4.78 is 23.1. The fourth-order valence-corrected chi connectivity index (χ4v) is 5.35. The molecule has 5 nitrogen and oxygen atoms in total. The molecule has 1 aromatic rings. The molecule has 1 atom stereocenters. The second-order valence-electron chi connectivity index (χ2n) is 6.97. The van der Waals surface area contributed by atoms with Crippen molar-refractivity contribution < 1.29 is 13.2 Å². The van der Waals surface area contributed by atoms with Gasteiger partial charge in [0.05, 0.1) is 11.5 Å². The Morgan fingerprint density at radius 1 is 1.28 bits per heavy atom. The van der Waals surface area contributed by atoms with Crippen LogP contribution in [0, 0.1) is 0 Å². The Bertz CT molecular complexity index is 743. The van der Waals surface area contributed by atoms with Crippen LogP contribution in [0.15, 0.2) is 36.4 Å². The zero-order valence-corrected chi connectivity index (χ0v) is 15.5. The first kappa shape index (κ1) is 18.1. The molecule has 0 bridgehead atoms. The third-order valence-corrected chi connectivity index (χ3v) is 6.97. The van der Waals surface area contributed by atoms with Crippen LogP contribution < -0.4 is 0 Å². The maximum absolute atomic E-state index is 12.4. The number of nitrogens with zero attached hydrogens (tertiary/aromatic N) is 2. The monoisotopic (exact) mass is 362 g/mol. The van der Waals surface area contributed by atoms with Crippen molar-refractivity contribution in [3.63, 3.8) is 0 Å². The smallest absolute Gasteiger partial charge is 0.224 e. The molecule has 0 saturated carbocycles. The van der Waals surface area contributed by atoms with Gasteiger partial charge in [0, 0.05) is 32.1 Å². The van der Waals surface area contributed by atoms with Crippen molar-refractivity contribution in [2.24, 2.45) is 0 Å². The van der Waals surface area contributed by atoms with E-state index in [9.17, 15) is 13.2 Å². The second kappa shape index (κ2) is 7.70. The Hall–Kier alpha value is -1.66. The number of benzene rings is 1. The van der Waals surface area contributed by atoms with Crippen LogP contribution in [0.5, 0.6) is 0 Å². The Kier molecular flexibility index (Phi) is 5.59. The summed E-state index contributed by atoms with van der Waals surface area (Å²) >= 11 is 0. The van der Waals surface area contributed by atoms with E-state index in [-0.39, 0.29) is 23.5 Å². The van der Waals surface area contributed by atoms with Crippen molar-refractivity contribution >= 4 is 21.3 Å². The maximum Gasteiger partial charge on any atom is 0.224 e. The van der Waals surface area contributed by atoms with Gasteiger partial charge in [-0.1, -0.05) is 36.4 Å². The fourth-order valence-electron chi connectivity index (χ4n) is 3.55. The predicted molar refractivity (Wildman–Crippen MR) is 99.9 cm³/mol. The Morgan fingerprint density at radius 2 is 2.04 bits per heavy atom. The first-order valence-corrected chi connectivity index (χ1v) is 10.7. The van der Waals surface area contributed by atoms with Crippen molar-refractivity contribution in [1.82, 2.24) is 9.80 Å². The molecular weight excluding hydrogens is 336 g/mol. The lowest BCUT2D eigenvalue weighted by Gasteiger charge is -2.28. The Labute approximate surface area is 150 Å². The molecule has 0 aliphatic carbocycles. The van der Waals surface area contributed by atoms with Crippen LogP contribution in [0.3, 0.4) is 0 Å². The number of rotatable bonds is 5. The normalized spacial score (nSPS) is 22.9. The van der Waals surface area contributed by atoms with Crippen molar-refractivity contribution in [1.29, 1.82) is 0 Å². The summed E-state index contributed by atoms with van der Waals surface area (Å²) in [6.07, 6.45) is 4.15. The number of carbonyl (C=O) groups is 1. The average Bonchev–Trinajstić information content (AvgIpc) is 3.00. The summed E-state index contributed by atoms with van der Waals surface area (Å²) in [4.78, 5) is 16.4. The highest BCUT2D eigenvalue weighted by Crippen LogP contribution is 2.22. The third kappa shape index (κ3) is 4.70. The van der Waals surface area contributed by atoms with Crippen LogP contribution in [0.2, 0.25) is 0 Å². The molecular formula is C19H26N2O3S. The summed E-state index contributed by atoms with van der Waals surface area (Å²) in [6.45, 7) is 2.02. The van der Waals surface area contributed by atoms with Crippen LogP contribution in [0.4, 0.5) is 0 Å². The van der Waals surface area contributed by atoms with Gasteiger partial charge in [-0.15, -0.1) is 0 Å². The number of amides is 1. The predicted octanol–water partition coefficient (Wildman–Crippen LogP) is 1.81. The molecule has 2 aliphatic rings. The van der Waals surface area contributed by atoms with Gasteiger partial charge in [-0.2, -0.15) is 0 Å². The quantitative estimate of drug-likeness (QED) is 0.802. The van der Waals surface area contributed by atoms with E-state index in [1.165, 1.54) is 11.1 Å². The van der Waals surface area contributed by atoms with E-state index in [0.29, 0.717) is 25.9 Å². The number of carbonyl (C=O) groups excluding carboxylic acids is 1. The number of hydrogen-bond donors (Lipinski definition) is 0. The van der Waals surface area contributed by atoms with E-state index >= 15 is 0 Å². The topological polar surface area (TPSA) is 57.7 Å². The minimum atomic E-state index is -2.88. The molecule has 1 aromatic carbocycles. The number of sulfone groups is 1. The van der Waals surface area contributed by atoms with Crippen LogP contribution in [-0.4, -0.2) is 68.4 Å². The molecule has 0 radical (unpaired) electrons. The van der Waals surface area contributed by atoms with E-state index in [1.807, 2.05) is 35.0 Å². The minimum absolute atomic E-state index is 0.0590. The van der Waals surface area contributed by atoms with Gasteiger partial charge in [-0.05, 0) is 31.0 Å². The largest absolute Gasteiger partial charge is 0.339 e. The van der Waals surface area contributed by atoms with Gasteiger partial charge in [0.1, 0.15) is 0 Å². The van der Waals surface area contributed by atoms with Crippen molar-refractivity contribution in [2.45, 2.75) is 25.3 Å². The van der Waals surface area contributed by atoms with Gasteiger partial charge < -0.3 is 9.80 Å². The molecule has 2 aliphatic heterocycles. The van der Waals surface area contributed by atoms with Crippen molar-refractivity contribution in [2.75, 3.05) is 38.2 Å². The van der Waals surface area contributed by atoms with Crippen LogP contribution in [-0.2, 0) is 14.6 Å². The fraction of sp³-hybridized carbons (Fsp3) is 0.526. The maximum atomic E-state index is 12.4. The second-order valence-corrected chi connectivity index (χ2v) is 9.20. The van der Waals surface area contributed by atoms with Crippen molar-refractivity contribution in [3.8, 4) is 0 Å². The molecule has 25 heavy (non-hydrogen) atoms. The highest BCUT2D eigenvalue weighted by Gasteiger charge is 2.30. The van der Waals surface area contributed by atoms with Crippen molar-refractivity contribution in [3.05, 3.63) is 42.0 Å². The zero-order chi connectivity index (χ0) is 17.9. The van der Waals surface area contributed by atoms with Gasteiger partial charge in [0.25, 0.3) is 0 Å². The van der Waals surface area contributed by atoms with E-state index in [0.717, 1.165) is 13.0 Å². The third-order valence-electron chi connectivity index (χ3n) is 5.22. The van der Waals surface area contributed by atoms with Gasteiger partial charge in [-0.25, -0.2) is 8.42 Å². The molecule has 1 fully saturated rings. The van der Waals surface area contributed by atoms with Crippen LogP contribution >= 0.6 is 0 Å². The molecule has 0 aromatic heterocycles. The average molecular weight is 362 g/mol. The van der Waals surface area contributed by atoms with Crippen LogP contribution in [0.25, 0.3) is 5.57 Å². The summed E-state index contributed by atoms with van der Waals surface area (Å²) in [7, 11) is -0.958. The molecule has 2 heterocycles. The number of hydrogen-bond acceptors (Lipinski definition) is 4. The summed E-state index contributed by atoms with van der Waals surface area (Å²) in [5.74, 6) is 0.649. The SMILES string of the molecule is CN(CCC(=O)N1CC=C(c2ccccc2)CC1)[C@@H]1CCS(=O)(=O)C1. The van der Waals surface area contributed by atoms with Gasteiger partial charge >= 0.3 is 0 Å². The van der Waals surface area contributed by atoms with Crippen LogP contribution in [0.1, 0.15) is 24.8 Å². The van der Waals surface area contributed by atoms with Gasteiger partial charge in [-0.3, -0.25) is 4.79 Å². The zero-order valence-electron chi connectivity index (χ0n) is 14.7. The molecule has 0 spiro atoms. The molecule has 6 heteroatoms. The standard InChI is InChI=1S/C19H26N2O3S/c1-20(18-10-14-25(23,24)15-18)11-9-19(22)21-12-7-17(8-13-21)16-5-3-2-4-6-16/h2-7,18H,8-15H2,1H3/t18-/m1/s1. The summed E-state index contributed by atoms with van der Waals surface area (Å²) in [5, 5.41) is 0. The van der Waals surface area contributed by atoms with Gasteiger partial charge in [0.2, 0.25) is 5.91 Å². The first-order valence-electron chi connectivity index (χ1n) is 8.87. The molecule has 3 rings (SSSR count). The minimum Gasteiger partial charge on any atom is -0.339 e. The summed E-state index contributed by atoms with van der Waals surface area (Å²) in [5.41, 5.74) is 2.54. The molecule has 136 valence electrons. The van der Waals surface area contributed by atoms with E-state index in [2.05, 4.69) is 18.2 Å². The lowest BCUT2D eigenvalue weighted by atomic mass is 9.99.